The fourth-order valence-electron chi connectivity index (χ4n) is 1.57. The molecule has 0 atom stereocenters. The molecule has 19 heavy (non-hydrogen) atoms. The van der Waals surface area contributed by atoms with Crippen molar-refractivity contribution in [3.05, 3.63) is 59.7 Å². The lowest BCUT2D eigenvalue weighted by Gasteiger charge is -2.04. The minimum atomic E-state index is -1.05. The number of carbonyl (C=O) groups is 1. The lowest BCUT2D eigenvalue weighted by atomic mass is 10.2. The van der Waals surface area contributed by atoms with Gasteiger partial charge < -0.3 is 9.84 Å². The van der Waals surface area contributed by atoms with Crippen molar-refractivity contribution in [2.45, 2.75) is 13.0 Å². The van der Waals surface area contributed by atoms with Crippen molar-refractivity contribution >= 4 is 5.97 Å². The summed E-state index contributed by atoms with van der Waals surface area (Å²) in [5.74, 6) is -0.568. The molecule has 0 saturated carbocycles. The monoisotopic (exact) mass is 258 g/mol. The van der Waals surface area contributed by atoms with Crippen molar-refractivity contribution in [2.24, 2.45) is 0 Å². The summed E-state index contributed by atoms with van der Waals surface area (Å²) in [7, 11) is 0. The topological polar surface area (TPSA) is 72.3 Å². The molecule has 5 heteroatoms. The summed E-state index contributed by atoms with van der Waals surface area (Å²) in [5.41, 5.74) is 1.11. The van der Waals surface area contributed by atoms with Gasteiger partial charge in [-0.15, -0.1) is 0 Å². The van der Waals surface area contributed by atoms with Crippen molar-refractivity contribution < 1.29 is 14.6 Å². The third kappa shape index (κ3) is 4.15. The molecule has 0 aliphatic carbocycles. The number of ether oxygens (including phenoxy) is 1. The summed E-state index contributed by atoms with van der Waals surface area (Å²) in [4.78, 5) is 18.7. The molecule has 0 fully saturated rings. The van der Waals surface area contributed by atoms with Crippen LogP contribution in [-0.4, -0.2) is 27.7 Å². The lowest BCUT2D eigenvalue weighted by molar-refractivity contribution is 0.0689. The highest BCUT2D eigenvalue weighted by Gasteiger charge is 2.05. The lowest BCUT2D eigenvalue weighted by Crippen LogP contribution is -2.07. The molecule has 5 nitrogen and oxygen atoms in total. The second kappa shape index (κ2) is 6.61. The molecule has 0 saturated heterocycles. The molecule has 1 N–H and O–H groups in total. The van der Waals surface area contributed by atoms with Gasteiger partial charge in [-0.2, -0.15) is 0 Å². The first kappa shape index (κ1) is 13.2. The van der Waals surface area contributed by atoms with Crippen LogP contribution in [0.3, 0.4) is 0 Å². The van der Waals surface area contributed by atoms with Crippen LogP contribution >= 0.6 is 0 Å². The van der Waals surface area contributed by atoms with E-state index < -0.39 is 5.97 Å². The second-order valence-electron chi connectivity index (χ2n) is 3.95. The first-order chi connectivity index (χ1) is 9.25. The van der Waals surface area contributed by atoms with E-state index in [2.05, 4.69) is 9.97 Å². The number of carboxylic acid groups (broad SMARTS) is 1. The second-order valence-corrected chi connectivity index (χ2v) is 3.95. The zero-order chi connectivity index (χ0) is 13.5. The van der Waals surface area contributed by atoms with Gasteiger partial charge >= 0.3 is 5.97 Å². The van der Waals surface area contributed by atoms with Gasteiger partial charge in [-0.05, 0) is 11.6 Å². The smallest absolute Gasteiger partial charge is 0.354 e. The number of hydrogen-bond donors (Lipinski definition) is 1. The maximum Gasteiger partial charge on any atom is 0.354 e. The van der Waals surface area contributed by atoms with Crippen LogP contribution in [0, 0.1) is 0 Å². The third-order valence-corrected chi connectivity index (χ3v) is 2.51. The molecule has 0 amide bonds. The zero-order valence-electron chi connectivity index (χ0n) is 10.3. The molecule has 0 bridgehead atoms. The Hall–Kier alpha value is -2.27. The summed E-state index contributed by atoms with van der Waals surface area (Å²) >= 11 is 0. The molecule has 0 unspecified atom stereocenters. The number of aromatic carboxylic acids is 1. The molecule has 0 aliphatic heterocycles. The molecule has 0 spiro atoms. The van der Waals surface area contributed by atoms with E-state index in [4.69, 9.17) is 9.84 Å². The van der Waals surface area contributed by atoms with E-state index in [1.807, 2.05) is 30.3 Å². The molecular weight excluding hydrogens is 244 g/mol. The molecule has 2 aromatic rings. The fourth-order valence-corrected chi connectivity index (χ4v) is 1.57. The van der Waals surface area contributed by atoms with Crippen molar-refractivity contribution in [3.63, 3.8) is 0 Å². The van der Waals surface area contributed by atoms with Gasteiger partial charge in [-0.3, -0.25) is 0 Å². The summed E-state index contributed by atoms with van der Waals surface area (Å²) in [6.07, 6.45) is 1.94. The number of benzene rings is 1. The predicted molar refractivity (Wildman–Crippen MR) is 68.8 cm³/mol. The minimum absolute atomic E-state index is 0.00746. The highest BCUT2D eigenvalue weighted by molar-refractivity contribution is 5.85. The van der Waals surface area contributed by atoms with Crippen LogP contribution in [0.2, 0.25) is 0 Å². The van der Waals surface area contributed by atoms with Crippen molar-refractivity contribution in [1.29, 1.82) is 0 Å². The van der Waals surface area contributed by atoms with Crippen molar-refractivity contribution in [3.8, 4) is 0 Å². The van der Waals surface area contributed by atoms with E-state index in [0.29, 0.717) is 25.5 Å². The Kier molecular flexibility index (Phi) is 4.58. The molecular formula is C14H14N2O3. The largest absolute Gasteiger partial charge is 0.477 e. The van der Waals surface area contributed by atoms with Gasteiger partial charge in [-0.25, -0.2) is 14.8 Å². The minimum Gasteiger partial charge on any atom is -0.477 e. The van der Waals surface area contributed by atoms with E-state index in [1.54, 1.807) is 0 Å². The number of hydrogen-bond acceptors (Lipinski definition) is 4. The Morgan fingerprint density at radius 1 is 1.21 bits per heavy atom. The average molecular weight is 258 g/mol. The summed E-state index contributed by atoms with van der Waals surface area (Å²) in [5, 5.41) is 8.81. The molecule has 1 aromatic carbocycles. The number of nitrogens with zero attached hydrogens (tertiary/aromatic N) is 2. The Morgan fingerprint density at radius 2 is 2.00 bits per heavy atom. The quantitative estimate of drug-likeness (QED) is 0.801. The summed E-state index contributed by atoms with van der Waals surface area (Å²) < 4.78 is 5.50. The van der Waals surface area contributed by atoms with Crippen LogP contribution in [0.1, 0.15) is 21.9 Å². The van der Waals surface area contributed by atoms with Crippen LogP contribution in [0.4, 0.5) is 0 Å². The van der Waals surface area contributed by atoms with Gasteiger partial charge in [-0.1, -0.05) is 30.3 Å². The van der Waals surface area contributed by atoms with E-state index in [0.717, 1.165) is 5.56 Å². The molecule has 98 valence electrons. The summed E-state index contributed by atoms with van der Waals surface area (Å²) in [6.45, 7) is 0.984. The number of rotatable bonds is 6. The molecule has 0 radical (unpaired) electrons. The third-order valence-electron chi connectivity index (χ3n) is 2.51. The molecule has 1 aromatic heterocycles. The van der Waals surface area contributed by atoms with Crippen LogP contribution in [-0.2, 0) is 17.8 Å². The van der Waals surface area contributed by atoms with Gasteiger partial charge in [0.2, 0.25) is 0 Å². The summed E-state index contributed by atoms with van der Waals surface area (Å²) in [6, 6.07) is 11.2. The van der Waals surface area contributed by atoms with E-state index >= 15 is 0 Å². The maximum atomic E-state index is 10.7. The molecule has 0 aliphatic rings. The Balaban J connectivity index is 1.80. The highest BCUT2D eigenvalue weighted by Crippen LogP contribution is 2.02. The first-order valence-electron chi connectivity index (χ1n) is 5.92. The van der Waals surface area contributed by atoms with E-state index in [1.165, 1.54) is 12.3 Å². The van der Waals surface area contributed by atoms with Crippen molar-refractivity contribution in [2.75, 3.05) is 6.61 Å². The Morgan fingerprint density at radius 3 is 2.74 bits per heavy atom. The van der Waals surface area contributed by atoms with E-state index in [9.17, 15) is 4.79 Å². The predicted octanol–water partition coefficient (Wildman–Crippen LogP) is 1.93. The molecule has 1 heterocycles. The van der Waals surface area contributed by atoms with Gasteiger partial charge in [0.1, 0.15) is 5.82 Å². The maximum absolute atomic E-state index is 10.7. The van der Waals surface area contributed by atoms with Gasteiger partial charge in [0, 0.05) is 12.6 Å². The van der Waals surface area contributed by atoms with E-state index in [-0.39, 0.29) is 5.69 Å². The van der Waals surface area contributed by atoms with Gasteiger partial charge in [0.05, 0.1) is 13.2 Å². The standard InChI is InChI=1S/C14H14N2O3/c17-14(18)12-6-8-15-13(16-12)7-9-19-10-11-4-2-1-3-5-11/h1-6,8H,7,9-10H2,(H,17,18). The zero-order valence-corrected chi connectivity index (χ0v) is 10.3. The fraction of sp³-hybridized carbons (Fsp3) is 0.214. The van der Waals surface area contributed by atoms with Gasteiger partial charge in [0.15, 0.2) is 5.69 Å². The molecule has 2 rings (SSSR count). The number of carboxylic acids is 1. The van der Waals surface area contributed by atoms with Crippen LogP contribution in [0.5, 0.6) is 0 Å². The first-order valence-corrected chi connectivity index (χ1v) is 5.92. The van der Waals surface area contributed by atoms with Crippen LogP contribution < -0.4 is 0 Å². The SMILES string of the molecule is O=C(O)c1ccnc(CCOCc2ccccc2)n1. The average Bonchev–Trinajstić information content (AvgIpc) is 2.45. The Labute approximate surface area is 110 Å². The van der Waals surface area contributed by atoms with Crippen LogP contribution in [0.15, 0.2) is 42.6 Å². The van der Waals surface area contributed by atoms with Crippen LogP contribution in [0.25, 0.3) is 0 Å². The highest BCUT2D eigenvalue weighted by atomic mass is 16.5. The Bertz CT molecular complexity index is 543. The normalized spacial score (nSPS) is 10.3. The van der Waals surface area contributed by atoms with Gasteiger partial charge in [0.25, 0.3) is 0 Å². The number of aromatic nitrogens is 2. The van der Waals surface area contributed by atoms with Crippen molar-refractivity contribution in [1.82, 2.24) is 9.97 Å².